The molecule has 10 aromatic rings. The summed E-state index contributed by atoms with van der Waals surface area (Å²) in [6, 6.07) is 81.4. The highest BCUT2D eigenvalue weighted by Gasteiger charge is 2.46. The van der Waals surface area contributed by atoms with Gasteiger partial charge in [-0.15, -0.1) is 0 Å². The molecule has 2 aliphatic rings. The van der Waals surface area contributed by atoms with E-state index in [0.717, 1.165) is 17.1 Å². The number of para-hydroxylation sites is 1. The van der Waals surface area contributed by atoms with Crippen LogP contribution in [0.15, 0.2) is 218 Å². The van der Waals surface area contributed by atoms with Gasteiger partial charge in [0.25, 0.3) is 0 Å². The first-order chi connectivity index (χ1) is 31.7. The van der Waals surface area contributed by atoms with Crippen molar-refractivity contribution in [2.24, 2.45) is 0 Å². The molecule has 0 saturated heterocycles. The van der Waals surface area contributed by atoms with E-state index in [1.54, 1.807) is 0 Å². The van der Waals surface area contributed by atoms with Crippen LogP contribution in [-0.2, 0) is 16.2 Å². The molecular weight excluding hydrogens is 785 g/mol. The minimum atomic E-state index is -0.465. The molecule has 1 heterocycles. The summed E-state index contributed by atoms with van der Waals surface area (Å²) in [5.41, 5.74) is 19.8. The van der Waals surface area contributed by atoms with Gasteiger partial charge in [-0.3, -0.25) is 0 Å². The lowest BCUT2D eigenvalue weighted by Crippen LogP contribution is -2.33. The molecule has 0 bridgehead atoms. The maximum absolute atomic E-state index is 2.50. The van der Waals surface area contributed by atoms with Crippen molar-refractivity contribution in [3.8, 4) is 27.9 Å². The molecule has 2 heteroatoms. The molecule has 2 nitrogen and oxygen atoms in total. The fraction of sp³-hybridized carbons (Fsp3) is 0.143. The number of fused-ring (bicyclic) bond motifs is 7. The van der Waals surface area contributed by atoms with Crippen molar-refractivity contribution in [2.75, 3.05) is 4.90 Å². The van der Waals surface area contributed by atoms with Crippen LogP contribution in [0.1, 0.15) is 73.9 Å². The molecule has 65 heavy (non-hydrogen) atoms. The number of aromatic nitrogens is 1. The summed E-state index contributed by atoms with van der Waals surface area (Å²) in [5, 5.41) is 2.51. The summed E-state index contributed by atoms with van der Waals surface area (Å²) in [6.45, 7) is 9.67. The Morgan fingerprint density at radius 2 is 0.877 bits per heavy atom. The first-order valence-corrected chi connectivity index (χ1v) is 23.2. The van der Waals surface area contributed by atoms with Gasteiger partial charge in [-0.1, -0.05) is 191 Å². The van der Waals surface area contributed by atoms with Crippen molar-refractivity contribution in [3.63, 3.8) is 0 Å². The Hall–Kier alpha value is -7.42. The van der Waals surface area contributed by atoms with Crippen molar-refractivity contribution in [1.82, 2.24) is 4.57 Å². The average Bonchev–Trinajstić information content (AvgIpc) is 3.85. The number of benzene rings is 9. The van der Waals surface area contributed by atoms with Crippen LogP contribution in [0.3, 0.4) is 0 Å². The largest absolute Gasteiger partial charge is 0.310 e. The van der Waals surface area contributed by atoms with Crippen LogP contribution < -0.4 is 4.90 Å². The lowest BCUT2D eigenvalue weighted by atomic mass is 9.63. The standard InChI is InChI=1S/C63H52N2/c1-61(2)39-40-62(3,4)58-41-49(36-38-57(58)61)65-59-26-16-13-23-53(59)54-37-35-50(42-60(54)65)64(47-31-27-44(28-32-47)43-17-7-5-8-18-43)48-33-29-46(30-34-48)63(45-19-9-6-10-20-45)55-24-14-11-21-51(55)52-22-12-15-25-56(52)63/h5-38,41-42H,39-40H2,1-4H3. The number of rotatable bonds is 7. The third-order valence-corrected chi connectivity index (χ3v) is 15.0. The lowest BCUT2D eigenvalue weighted by molar-refractivity contribution is 0.332. The molecule has 314 valence electrons. The van der Waals surface area contributed by atoms with E-state index in [4.69, 9.17) is 0 Å². The molecular formula is C63H52N2. The smallest absolute Gasteiger partial charge is 0.0713 e. The molecule has 0 spiro atoms. The Morgan fingerprint density at radius 3 is 1.55 bits per heavy atom. The van der Waals surface area contributed by atoms with Crippen molar-refractivity contribution in [2.45, 2.75) is 56.8 Å². The summed E-state index contributed by atoms with van der Waals surface area (Å²) in [7, 11) is 0. The number of anilines is 3. The van der Waals surface area contributed by atoms with E-state index in [2.05, 4.69) is 256 Å². The van der Waals surface area contributed by atoms with Gasteiger partial charge in [0.15, 0.2) is 0 Å². The topological polar surface area (TPSA) is 8.17 Å². The zero-order valence-electron chi connectivity index (χ0n) is 37.6. The quantitative estimate of drug-likeness (QED) is 0.155. The normalized spacial score (nSPS) is 15.3. The summed E-state index contributed by atoms with van der Waals surface area (Å²) < 4.78 is 2.50. The molecule has 0 unspecified atom stereocenters. The second-order valence-electron chi connectivity index (χ2n) is 19.6. The van der Waals surface area contributed by atoms with E-state index >= 15 is 0 Å². The van der Waals surface area contributed by atoms with Gasteiger partial charge >= 0.3 is 0 Å². The summed E-state index contributed by atoms with van der Waals surface area (Å²) in [5.74, 6) is 0. The van der Waals surface area contributed by atoms with Crippen LogP contribution in [0.5, 0.6) is 0 Å². The van der Waals surface area contributed by atoms with Gasteiger partial charge in [-0.25, -0.2) is 0 Å². The molecule has 0 N–H and O–H groups in total. The first kappa shape index (κ1) is 39.2. The van der Waals surface area contributed by atoms with Gasteiger partial charge in [0.05, 0.1) is 16.4 Å². The van der Waals surface area contributed by atoms with Crippen molar-refractivity contribution in [1.29, 1.82) is 0 Å². The molecule has 0 aliphatic heterocycles. The van der Waals surface area contributed by atoms with Crippen LogP contribution >= 0.6 is 0 Å². The highest BCUT2D eigenvalue weighted by Crippen LogP contribution is 2.56. The molecule has 0 radical (unpaired) electrons. The van der Waals surface area contributed by atoms with E-state index < -0.39 is 5.41 Å². The van der Waals surface area contributed by atoms with Gasteiger partial charge in [0.1, 0.15) is 0 Å². The van der Waals surface area contributed by atoms with Gasteiger partial charge in [0, 0.05) is 33.5 Å². The summed E-state index contributed by atoms with van der Waals surface area (Å²) in [4.78, 5) is 2.43. The third kappa shape index (κ3) is 6.07. The molecule has 9 aromatic carbocycles. The highest BCUT2D eigenvalue weighted by atomic mass is 15.1. The predicted molar refractivity (Wildman–Crippen MR) is 273 cm³/mol. The zero-order valence-corrected chi connectivity index (χ0v) is 37.6. The van der Waals surface area contributed by atoms with Crippen LogP contribution in [0, 0.1) is 0 Å². The van der Waals surface area contributed by atoms with Gasteiger partial charge in [-0.05, 0) is 134 Å². The lowest BCUT2D eigenvalue weighted by Gasteiger charge is -2.42. The van der Waals surface area contributed by atoms with E-state index in [-0.39, 0.29) is 10.8 Å². The molecule has 1 aromatic heterocycles. The fourth-order valence-electron chi connectivity index (χ4n) is 11.5. The Balaban J connectivity index is 1.05. The van der Waals surface area contributed by atoms with E-state index in [1.165, 1.54) is 96.0 Å². The molecule has 0 saturated carbocycles. The Kier molecular flexibility index (Phi) is 8.94. The van der Waals surface area contributed by atoms with Crippen LogP contribution in [0.4, 0.5) is 17.1 Å². The second-order valence-corrected chi connectivity index (χ2v) is 19.6. The van der Waals surface area contributed by atoms with Crippen LogP contribution in [0.2, 0.25) is 0 Å². The SMILES string of the molecule is CC1(C)CCC(C)(C)c2cc(-n3c4ccccc4c4ccc(N(c5ccc(-c6ccccc6)cc5)c5ccc(C6(c7ccccc7)c7ccccc7-c7ccccc76)cc5)cc43)ccc21. The van der Waals surface area contributed by atoms with Crippen LogP contribution in [0.25, 0.3) is 49.7 Å². The van der Waals surface area contributed by atoms with Crippen LogP contribution in [-0.4, -0.2) is 4.57 Å². The van der Waals surface area contributed by atoms with Crippen molar-refractivity contribution < 1.29 is 0 Å². The summed E-state index contributed by atoms with van der Waals surface area (Å²) >= 11 is 0. The molecule has 2 aliphatic carbocycles. The van der Waals surface area contributed by atoms with Gasteiger partial charge < -0.3 is 9.47 Å². The van der Waals surface area contributed by atoms with E-state index in [0.29, 0.717) is 0 Å². The molecule has 0 fully saturated rings. The Bertz CT molecular complexity index is 3360. The van der Waals surface area contributed by atoms with Gasteiger partial charge in [0.2, 0.25) is 0 Å². The average molecular weight is 837 g/mol. The number of nitrogens with zero attached hydrogens (tertiary/aromatic N) is 2. The second kappa shape index (κ2) is 14.8. The molecule has 0 atom stereocenters. The summed E-state index contributed by atoms with van der Waals surface area (Å²) in [6.07, 6.45) is 2.37. The Labute approximate surface area is 383 Å². The van der Waals surface area contributed by atoms with E-state index in [9.17, 15) is 0 Å². The van der Waals surface area contributed by atoms with Crippen molar-refractivity contribution in [3.05, 3.63) is 252 Å². The zero-order chi connectivity index (χ0) is 43.9. The fourth-order valence-corrected chi connectivity index (χ4v) is 11.5. The maximum Gasteiger partial charge on any atom is 0.0713 e. The Morgan fingerprint density at radius 1 is 0.369 bits per heavy atom. The van der Waals surface area contributed by atoms with E-state index in [1.807, 2.05) is 0 Å². The third-order valence-electron chi connectivity index (χ3n) is 15.0. The predicted octanol–water partition coefficient (Wildman–Crippen LogP) is 16.6. The van der Waals surface area contributed by atoms with Crippen molar-refractivity contribution >= 4 is 38.9 Å². The first-order valence-electron chi connectivity index (χ1n) is 23.2. The monoisotopic (exact) mass is 836 g/mol. The maximum atomic E-state index is 2.50. The highest BCUT2D eigenvalue weighted by molar-refractivity contribution is 6.10. The van der Waals surface area contributed by atoms with Gasteiger partial charge in [-0.2, -0.15) is 0 Å². The molecule has 0 amide bonds. The minimum Gasteiger partial charge on any atom is -0.310 e. The molecule has 12 rings (SSSR count). The number of hydrogen-bond donors (Lipinski definition) is 0. The minimum absolute atomic E-state index is 0.0986. The number of hydrogen-bond acceptors (Lipinski definition) is 1.